The summed E-state index contributed by atoms with van der Waals surface area (Å²) in [7, 11) is -0.924. The lowest BCUT2D eigenvalue weighted by atomic mass is 9.44. The number of hydrogen-bond acceptors (Lipinski definition) is 9. The first kappa shape index (κ1) is 22.2. The summed E-state index contributed by atoms with van der Waals surface area (Å²) in [4.78, 5) is 38.7. The molecule has 2 bridgehead atoms. The number of nitrogens with zero attached hydrogens (tertiary/aromatic N) is 4. The Bertz CT molecular complexity index is 1630. The van der Waals surface area contributed by atoms with Crippen LogP contribution in [0.4, 0.5) is 23.0 Å². The van der Waals surface area contributed by atoms with Gasteiger partial charge in [-0.05, 0) is 37.3 Å². The smallest absolute Gasteiger partial charge is 0.231 e. The standard InChI is InChI=1S/C27H30N6O4S/c1-5-22(34)18-13-29-23(32-26(35)27-10-16(11-27)12-27)9-20(18)31-19-8-6-7-17(25(19)37-2)21-14-30-24(15-28-21)33-38(3,4)36/h6-9,13-16H,5,10-12H2,1-4H3,(H2,29,31,32,35)/i1D3. The van der Waals surface area contributed by atoms with Crippen LogP contribution in [0.1, 0.15) is 47.0 Å². The first-order chi connectivity index (χ1) is 19.2. The van der Waals surface area contributed by atoms with Crippen molar-refractivity contribution in [2.24, 2.45) is 15.7 Å². The summed E-state index contributed by atoms with van der Waals surface area (Å²) in [5.74, 6) is 0.764. The van der Waals surface area contributed by atoms with Crippen LogP contribution in [0.5, 0.6) is 5.75 Å². The van der Waals surface area contributed by atoms with Crippen molar-refractivity contribution in [2.45, 2.75) is 32.5 Å². The van der Waals surface area contributed by atoms with Crippen LogP contribution in [0, 0.1) is 11.3 Å². The Balaban J connectivity index is 1.49. The van der Waals surface area contributed by atoms with E-state index in [1.54, 1.807) is 18.2 Å². The largest absolute Gasteiger partial charge is 0.494 e. The van der Waals surface area contributed by atoms with Gasteiger partial charge in [0, 0.05) is 50.6 Å². The van der Waals surface area contributed by atoms with Crippen LogP contribution in [0.25, 0.3) is 11.3 Å². The molecule has 6 rings (SSSR count). The maximum Gasteiger partial charge on any atom is 0.231 e. The Labute approximate surface area is 226 Å². The third-order valence-electron chi connectivity index (χ3n) is 6.84. The summed E-state index contributed by atoms with van der Waals surface area (Å²) in [6.45, 7) is -2.47. The van der Waals surface area contributed by atoms with E-state index in [-0.39, 0.29) is 34.2 Å². The predicted octanol–water partition coefficient (Wildman–Crippen LogP) is 4.98. The molecule has 198 valence electrons. The lowest BCUT2D eigenvalue weighted by Gasteiger charge is -2.59. The van der Waals surface area contributed by atoms with Crippen molar-refractivity contribution in [3.8, 4) is 17.0 Å². The number of ketones is 1. The molecule has 0 saturated heterocycles. The third kappa shape index (κ3) is 4.98. The highest BCUT2D eigenvalue weighted by Crippen LogP contribution is 2.64. The number of carbonyl (C=O) groups excluding carboxylic acids is 2. The van der Waals surface area contributed by atoms with Crippen LogP contribution in [-0.2, 0) is 14.5 Å². The van der Waals surface area contributed by atoms with E-state index in [9.17, 15) is 13.8 Å². The van der Waals surface area contributed by atoms with E-state index in [1.807, 2.05) is 0 Å². The van der Waals surface area contributed by atoms with Crippen molar-refractivity contribution in [3.63, 3.8) is 0 Å². The van der Waals surface area contributed by atoms with Crippen LogP contribution in [0.2, 0.25) is 0 Å². The average molecular weight is 538 g/mol. The Morgan fingerprint density at radius 1 is 1.16 bits per heavy atom. The molecule has 0 atom stereocenters. The number of ether oxygens (including phenoxy) is 1. The van der Waals surface area contributed by atoms with Crippen molar-refractivity contribution in [3.05, 3.63) is 48.4 Å². The number of anilines is 3. The van der Waals surface area contributed by atoms with Gasteiger partial charge in [0.1, 0.15) is 5.82 Å². The van der Waals surface area contributed by atoms with Gasteiger partial charge in [0.25, 0.3) is 0 Å². The summed E-state index contributed by atoms with van der Waals surface area (Å²) in [5.41, 5.74) is 1.48. The highest BCUT2D eigenvalue weighted by atomic mass is 32.2. The van der Waals surface area contributed by atoms with Crippen molar-refractivity contribution >= 4 is 44.4 Å². The van der Waals surface area contributed by atoms with Crippen LogP contribution in [-0.4, -0.2) is 50.5 Å². The zero-order valence-corrected chi connectivity index (χ0v) is 22.1. The zero-order valence-electron chi connectivity index (χ0n) is 24.3. The number of pyridine rings is 1. The molecule has 2 aromatic heterocycles. The molecule has 3 fully saturated rings. The number of rotatable bonds is 9. The van der Waals surface area contributed by atoms with Crippen molar-refractivity contribution < 1.29 is 22.6 Å². The second-order valence-corrected chi connectivity index (χ2v) is 12.5. The van der Waals surface area contributed by atoms with Gasteiger partial charge in [0.2, 0.25) is 5.91 Å². The van der Waals surface area contributed by atoms with Gasteiger partial charge in [-0.1, -0.05) is 12.9 Å². The van der Waals surface area contributed by atoms with E-state index in [2.05, 4.69) is 29.9 Å². The molecular weight excluding hydrogens is 504 g/mol. The highest BCUT2D eigenvalue weighted by molar-refractivity contribution is 7.92. The molecule has 3 aliphatic rings. The van der Waals surface area contributed by atoms with E-state index in [0.717, 1.165) is 19.3 Å². The van der Waals surface area contributed by atoms with Crippen molar-refractivity contribution in [1.29, 1.82) is 0 Å². The van der Waals surface area contributed by atoms with Crippen LogP contribution in [0.3, 0.4) is 0 Å². The van der Waals surface area contributed by atoms with Crippen molar-refractivity contribution in [2.75, 3.05) is 30.3 Å². The lowest BCUT2D eigenvalue weighted by molar-refractivity contribution is -0.158. The molecule has 1 aromatic carbocycles. The second kappa shape index (κ2) is 9.79. The van der Waals surface area contributed by atoms with Gasteiger partial charge in [-0.25, -0.2) is 14.2 Å². The number of aromatic nitrogens is 3. The summed E-state index contributed by atoms with van der Waals surface area (Å²) < 4.78 is 44.4. The minimum absolute atomic E-state index is 0.0607. The summed E-state index contributed by atoms with van der Waals surface area (Å²) >= 11 is 0. The highest BCUT2D eigenvalue weighted by Gasteiger charge is 2.61. The number of benzene rings is 1. The molecule has 0 radical (unpaired) electrons. The first-order valence-corrected chi connectivity index (χ1v) is 14.4. The molecule has 0 aliphatic heterocycles. The van der Waals surface area contributed by atoms with Gasteiger partial charge < -0.3 is 15.4 Å². The summed E-state index contributed by atoms with van der Waals surface area (Å²) in [5, 5.41) is 6.03. The fourth-order valence-electron chi connectivity index (χ4n) is 4.88. The number of methoxy groups -OCH3 is 1. The maximum atomic E-state index is 13.0. The maximum absolute atomic E-state index is 13.0. The Kier molecular flexibility index (Phi) is 5.71. The second-order valence-electron chi connectivity index (χ2n) is 9.97. The summed E-state index contributed by atoms with van der Waals surface area (Å²) in [6.07, 6.45) is 9.12. The van der Waals surface area contributed by atoms with E-state index in [1.165, 1.54) is 44.3 Å². The first-order valence-electron chi connectivity index (χ1n) is 13.5. The molecule has 3 aromatic rings. The number of Topliss-reactive ketones (excluding diaryl/α,β-unsaturated/α-hetero) is 1. The molecule has 2 heterocycles. The van der Waals surface area contributed by atoms with Gasteiger partial charge in [-0.2, -0.15) is 4.36 Å². The van der Waals surface area contributed by atoms with Gasteiger partial charge >= 0.3 is 0 Å². The number of carbonyl (C=O) groups is 2. The third-order valence-corrected chi connectivity index (χ3v) is 7.47. The fraction of sp³-hybridized carbons (Fsp3) is 0.370. The summed E-state index contributed by atoms with van der Waals surface area (Å²) in [6, 6.07) is 6.77. The number of hydrogen-bond donors (Lipinski definition) is 2. The van der Waals surface area contributed by atoms with Crippen LogP contribution >= 0.6 is 0 Å². The van der Waals surface area contributed by atoms with Crippen LogP contribution in [0.15, 0.2) is 47.2 Å². The van der Waals surface area contributed by atoms with Crippen LogP contribution < -0.4 is 15.4 Å². The van der Waals surface area contributed by atoms with E-state index < -0.39 is 28.8 Å². The molecule has 3 saturated carbocycles. The Morgan fingerprint density at radius 3 is 2.55 bits per heavy atom. The van der Waals surface area contributed by atoms with Gasteiger partial charge in [-0.3, -0.25) is 14.6 Å². The molecule has 3 aliphatic carbocycles. The van der Waals surface area contributed by atoms with Gasteiger partial charge in [-0.15, -0.1) is 0 Å². The lowest BCUT2D eigenvalue weighted by Crippen LogP contribution is -2.58. The zero-order chi connectivity index (χ0) is 29.6. The Hall–Kier alpha value is -3.86. The molecule has 38 heavy (non-hydrogen) atoms. The predicted molar refractivity (Wildman–Crippen MR) is 147 cm³/mol. The van der Waals surface area contributed by atoms with Gasteiger partial charge in [0.15, 0.2) is 17.4 Å². The van der Waals surface area contributed by atoms with Crippen molar-refractivity contribution in [1.82, 2.24) is 15.0 Å². The minimum atomic E-state index is -2.47. The monoisotopic (exact) mass is 537 g/mol. The quantitative estimate of drug-likeness (QED) is 0.365. The SMILES string of the molecule is [2H]C([2H])([2H])CC(=O)c1cnc(NC(=O)C23CC(C2)C3)cc1Nc1cccc(-c2cnc(N=S(C)(C)=O)cn2)c1OC. The van der Waals surface area contributed by atoms with Gasteiger partial charge in [0.05, 0.1) is 47.6 Å². The number of nitrogens with one attached hydrogen (secondary N) is 2. The number of para-hydroxylation sites is 1. The topological polar surface area (TPSA) is 136 Å². The van der Waals surface area contributed by atoms with E-state index in [0.29, 0.717) is 28.6 Å². The number of amides is 1. The van der Waals surface area contributed by atoms with E-state index in [4.69, 9.17) is 8.85 Å². The fourth-order valence-corrected chi connectivity index (χ4v) is 5.43. The molecular formula is C27H30N6O4S. The molecule has 10 nitrogen and oxygen atoms in total. The molecule has 11 heteroatoms. The normalized spacial score (nSPS) is 21.0. The molecule has 0 unspecified atom stereocenters. The average Bonchev–Trinajstić information content (AvgIpc) is 2.80. The molecule has 0 spiro atoms. The minimum Gasteiger partial charge on any atom is -0.494 e. The molecule has 2 N–H and O–H groups in total. The Morgan fingerprint density at radius 2 is 1.95 bits per heavy atom. The van der Waals surface area contributed by atoms with E-state index >= 15 is 0 Å². The molecule has 1 amide bonds.